The van der Waals surface area contributed by atoms with Crippen LogP contribution in [-0.2, 0) is 9.53 Å². The summed E-state index contributed by atoms with van der Waals surface area (Å²) in [6, 6.07) is -0.0378. The van der Waals surface area contributed by atoms with E-state index in [1.54, 1.807) is 0 Å². The molecule has 0 saturated carbocycles. The molecule has 4 unspecified atom stereocenters. The summed E-state index contributed by atoms with van der Waals surface area (Å²) in [5, 5.41) is 0. The van der Waals surface area contributed by atoms with Crippen LogP contribution in [0.3, 0.4) is 0 Å². The Morgan fingerprint density at radius 3 is 2.64 bits per heavy atom. The molecular weight excluding hydrogens is 180 g/mol. The van der Waals surface area contributed by atoms with Crippen molar-refractivity contribution in [2.45, 2.75) is 51.0 Å². The van der Waals surface area contributed by atoms with E-state index < -0.39 is 0 Å². The quantitative estimate of drug-likeness (QED) is 0.650. The Balaban J connectivity index is 2.05. The highest BCUT2D eigenvalue weighted by Crippen LogP contribution is 2.27. The van der Waals surface area contributed by atoms with Crippen LogP contribution in [-0.4, -0.2) is 41.6 Å². The van der Waals surface area contributed by atoms with Gasteiger partial charge < -0.3 is 15.4 Å². The summed E-state index contributed by atoms with van der Waals surface area (Å²) in [4.78, 5) is 13.6. The third-order valence-corrected chi connectivity index (χ3v) is 3.24. The largest absolute Gasteiger partial charge is 0.373 e. The second-order valence-electron chi connectivity index (χ2n) is 4.38. The van der Waals surface area contributed by atoms with Crippen molar-refractivity contribution in [2.24, 2.45) is 5.73 Å². The Hall–Kier alpha value is -0.610. The summed E-state index contributed by atoms with van der Waals surface area (Å²) in [6.07, 6.45) is 2.15. The van der Waals surface area contributed by atoms with Crippen LogP contribution >= 0.6 is 0 Å². The minimum absolute atomic E-state index is 0.0968. The molecule has 0 radical (unpaired) electrons. The van der Waals surface area contributed by atoms with Crippen molar-refractivity contribution in [3.63, 3.8) is 0 Å². The lowest BCUT2D eigenvalue weighted by atomic mass is 10.1. The van der Waals surface area contributed by atoms with E-state index in [9.17, 15) is 4.79 Å². The molecule has 2 N–H and O–H groups in total. The number of nitrogens with two attached hydrogens (primary N) is 1. The van der Waals surface area contributed by atoms with Gasteiger partial charge in [0.2, 0.25) is 5.91 Å². The summed E-state index contributed by atoms with van der Waals surface area (Å²) >= 11 is 0. The molecule has 14 heavy (non-hydrogen) atoms. The fourth-order valence-electron chi connectivity index (χ4n) is 2.48. The van der Waals surface area contributed by atoms with Gasteiger partial charge >= 0.3 is 0 Å². The molecule has 0 aromatic carbocycles. The zero-order valence-corrected chi connectivity index (χ0v) is 8.77. The number of likely N-dealkylation sites (tertiary alicyclic amines) is 1. The number of ether oxygens (including phenoxy) is 1. The normalized spacial score (nSPS) is 43.6. The summed E-state index contributed by atoms with van der Waals surface area (Å²) in [5.74, 6) is 0.0968. The first kappa shape index (κ1) is 9.93. The van der Waals surface area contributed by atoms with Gasteiger partial charge in [0, 0.05) is 6.54 Å². The molecular formula is C10H18N2O2. The van der Waals surface area contributed by atoms with Crippen LogP contribution in [0.25, 0.3) is 0 Å². The highest BCUT2D eigenvalue weighted by molar-refractivity contribution is 5.84. The minimum atomic E-state index is -0.280. The van der Waals surface area contributed by atoms with Crippen LogP contribution < -0.4 is 5.73 Å². The molecule has 0 bridgehead atoms. The third kappa shape index (κ3) is 1.53. The van der Waals surface area contributed by atoms with Gasteiger partial charge in [-0.1, -0.05) is 0 Å². The molecule has 2 fully saturated rings. The second kappa shape index (κ2) is 3.51. The van der Waals surface area contributed by atoms with E-state index in [0.717, 1.165) is 19.4 Å². The second-order valence-corrected chi connectivity index (χ2v) is 4.38. The molecule has 2 rings (SSSR count). The number of hydrogen-bond acceptors (Lipinski definition) is 3. The molecule has 2 aliphatic heterocycles. The third-order valence-electron chi connectivity index (χ3n) is 3.24. The lowest BCUT2D eigenvalue weighted by Gasteiger charge is -2.26. The van der Waals surface area contributed by atoms with Crippen molar-refractivity contribution in [1.82, 2.24) is 4.90 Å². The highest BCUT2D eigenvalue weighted by atomic mass is 16.5. The van der Waals surface area contributed by atoms with Crippen LogP contribution in [0.2, 0.25) is 0 Å². The molecule has 2 aliphatic rings. The monoisotopic (exact) mass is 198 g/mol. The van der Waals surface area contributed by atoms with Gasteiger partial charge in [-0.2, -0.15) is 0 Å². The lowest BCUT2D eigenvalue weighted by molar-refractivity contribution is -0.131. The summed E-state index contributed by atoms with van der Waals surface area (Å²) in [5.41, 5.74) is 5.68. The average Bonchev–Trinajstić information content (AvgIpc) is 2.59. The summed E-state index contributed by atoms with van der Waals surface area (Å²) in [6.45, 7) is 4.88. The van der Waals surface area contributed by atoms with E-state index in [1.807, 2.05) is 11.8 Å². The molecule has 4 atom stereocenters. The first-order valence-corrected chi connectivity index (χ1v) is 5.31. The molecule has 0 aromatic heterocycles. The minimum Gasteiger partial charge on any atom is -0.373 e. The fourth-order valence-corrected chi connectivity index (χ4v) is 2.48. The molecule has 2 saturated heterocycles. The predicted molar refractivity (Wildman–Crippen MR) is 52.7 cm³/mol. The van der Waals surface area contributed by atoms with Gasteiger partial charge in [0.1, 0.15) is 0 Å². The van der Waals surface area contributed by atoms with Crippen LogP contribution in [0.5, 0.6) is 0 Å². The van der Waals surface area contributed by atoms with Crippen molar-refractivity contribution in [3.05, 3.63) is 0 Å². The standard InChI is InChI=1S/C10H18N2O2/c1-6-5-9(7(2)14-6)12-4-3-8(11)10(12)13/h6-9H,3-5,11H2,1-2H3. The molecule has 2 heterocycles. The number of nitrogens with zero attached hydrogens (tertiary/aromatic N) is 1. The first-order valence-electron chi connectivity index (χ1n) is 5.31. The van der Waals surface area contributed by atoms with E-state index in [4.69, 9.17) is 10.5 Å². The van der Waals surface area contributed by atoms with Crippen molar-refractivity contribution in [2.75, 3.05) is 6.54 Å². The van der Waals surface area contributed by atoms with Gasteiger partial charge in [0.15, 0.2) is 0 Å². The van der Waals surface area contributed by atoms with Crippen molar-refractivity contribution >= 4 is 5.91 Å². The Morgan fingerprint density at radius 1 is 1.50 bits per heavy atom. The number of hydrogen-bond donors (Lipinski definition) is 1. The molecule has 4 heteroatoms. The van der Waals surface area contributed by atoms with E-state index in [0.29, 0.717) is 0 Å². The maximum atomic E-state index is 11.7. The van der Waals surface area contributed by atoms with Gasteiger partial charge in [-0.3, -0.25) is 4.79 Å². The van der Waals surface area contributed by atoms with Gasteiger partial charge in [-0.15, -0.1) is 0 Å². The van der Waals surface area contributed by atoms with Crippen molar-refractivity contribution in [3.8, 4) is 0 Å². The van der Waals surface area contributed by atoms with Crippen LogP contribution in [0.4, 0.5) is 0 Å². The molecule has 0 spiro atoms. The lowest BCUT2D eigenvalue weighted by Crippen LogP contribution is -2.43. The number of rotatable bonds is 1. The van der Waals surface area contributed by atoms with Crippen LogP contribution in [0.1, 0.15) is 26.7 Å². The smallest absolute Gasteiger partial charge is 0.239 e. The average molecular weight is 198 g/mol. The summed E-state index contributed by atoms with van der Waals surface area (Å²) < 4.78 is 5.64. The first-order chi connectivity index (χ1) is 6.59. The number of amides is 1. The topological polar surface area (TPSA) is 55.6 Å². The van der Waals surface area contributed by atoms with Gasteiger partial charge in [-0.25, -0.2) is 0 Å². The predicted octanol–water partition coefficient (Wildman–Crippen LogP) is 0.112. The maximum Gasteiger partial charge on any atom is 0.239 e. The molecule has 1 amide bonds. The Morgan fingerprint density at radius 2 is 2.21 bits per heavy atom. The summed E-state index contributed by atoms with van der Waals surface area (Å²) in [7, 11) is 0. The van der Waals surface area contributed by atoms with Gasteiger partial charge in [0.05, 0.1) is 24.3 Å². The fraction of sp³-hybridized carbons (Fsp3) is 0.900. The Bertz CT molecular complexity index is 244. The van der Waals surface area contributed by atoms with E-state index in [1.165, 1.54) is 0 Å². The molecule has 80 valence electrons. The zero-order chi connectivity index (χ0) is 10.3. The van der Waals surface area contributed by atoms with E-state index in [-0.39, 0.29) is 30.2 Å². The Labute approximate surface area is 84.4 Å². The maximum absolute atomic E-state index is 11.7. The number of carbonyl (C=O) groups is 1. The molecule has 4 nitrogen and oxygen atoms in total. The number of carbonyl (C=O) groups excluding carboxylic acids is 1. The van der Waals surface area contributed by atoms with Crippen LogP contribution in [0.15, 0.2) is 0 Å². The van der Waals surface area contributed by atoms with E-state index in [2.05, 4.69) is 6.92 Å². The molecule has 0 aromatic rings. The van der Waals surface area contributed by atoms with Crippen LogP contribution in [0, 0.1) is 0 Å². The van der Waals surface area contributed by atoms with Crippen molar-refractivity contribution < 1.29 is 9.53 Å². The highest BCUT2D eigenvalue weighted by Gasteiger charge is 2.40. The van der Waals surface area contributed by atoms with E-state index >= 15 is 0 Å². The SMILES string of the molecule is CC1CC(N2CCC(N)C2=O)C(C)O1. The van der Waals surface area contributed by atoms with Gasteiger partial charge in [-0.05, 0) is 26.7 Å². The Kier molecular flexibility index (Phi) is 2.49. The van der Waals surface area contributed by atoms with Crippen molar-refractivity contribution in [1.29, 1.82) is 0 Å². The van der Waals surface area contributed by atoms with Gasteiger partial charge in [0.25, 0.3) is 0 Å². The molecule has 0 aliphatic carbocycles. The zero-order valence-electron chi connectivity index (χ0n) is 8.77.